The molecule has 114 valence electrons. The molecule has 0 spiro atoms. The van der Waals surface area contributed by atoms with E-state index in [1.54, 1.807) is 11.1 Å². The monoisotopic (exact) mass is 289 g/mol. The smallest absolute Gasteiger partial charge is 0.246 e. The molecule has 0 saturated carbocycles. The number of piperazine rings is 1. The first kappa shape index (κ1) is 15.5. The highest BCUT2D eigenvalue weighted by atomic mass is 16.2. The van der Waals surface area contributed by atoms with Gasteiger partial charge in [0.15, 0.2) is 0 Å². The normalized spacial score (nSPS) is 24.1. The molecule has 1 aromatic rings. The van der Waals surface area contributed by atoms with E-state index in [1.807, 2.05) is 45.9 Å². The van der Waals surface area contributed by atoms with Crippen LogP contribution in [0.2, 0.25) is 0 Å². The largest absolute Gasteiger partial charge is 0.343 e. The maximum Gasteiger partial charge on any atom is 0.246 e. The molecule has 1 fully saturated rings. The van der Waals surface area contributed by atoms with Gasteiger partial charge in [0.25, 0.3) is 0 Å². The molecular weight excluding hydrogens is 266 g/mol. The van der Waals surface area contributed by atoms with Crippen LogP contribution in [0.4, 0.5) is 0 Å². The number of hydrogen-bond donors (Lipinski definition) is 1. The Morgan fingerprint density at radius 2 is 2.00 bits per heavy atom. The fourth-order valence-electron chi connectivity index (χ4n) is 2.86. The van der Waals surface area contributed by atoms with E-state index in [1.165, 1.54) is 0 Å². The summed E-state index contributed by atoms with van der Waals surface area (Å²) in [5.74, 6) is -0.0360. The summed E-state index contributed by atoms with van der Waals surface area (Å²) in [5, 5.41) is 2.83. The number of hydrogen-bond acceptors (Lipinski definition) is 3. The summed E-state index contributed by atoms with van der Waals surface area (Å²) >= 11 is 0. The van der Waals surface area contributed by atoms with Crippen LogP contribution in [0, 0.1) is 5.92 Å². The summed E-state index contributed by atoms with van der Waals surface area (Å²) in [7, 11) is 0. The number of pyridine rings is 1. The highest BCUT2D eigenvalue weighted by molar-refractivity contribution is 5.97. The van der Waals surface area contributed by atoms with Crippen molar-refractivity contribution in [3.05, 3.63) is 30.1 Å². The lowest BCUT2D eigenvalue weighted by atomic mass is 9.94. The highest BCUT2D eigenvalue weighted by Gasteiger charge is 2.43. The van der Waals surface area contributed by atoms with Crippen LogP contribution >= 0.6 is 0 Å². The van der Waals surface area contributed by atoms with Gasteiger partial charge in [0.1, 0.15) is 12.1 Å². The second-order valence-corrected chi connectivity index (χ2v) is 5.83. The Labute approximate surface area is 125 Å². The SMILES string of the molecule is CCC1NC(=O)C(C(C)C)N(C(C)c2ccccn2)C1=O. The van der Waals surface area contributed by atoms with Crippen LogP contribution in [0.5, 0.6) is 0 Å². The maximum absolute atomic E-state index is 12.7. The number of rotatable bonds is 4. The minimum atomic E-state index is -0.447. The van der Waals surface area contributed by atoms with Gasteiger partial charge in [-0.3, -0.25) is 14.6 Å². The Morgan fingerprint density at radius 3 is 2.52 bits per heavy atom. The predicted molar refractivity (Wildman–Crippen MR) is 80.3 cm³/mol. The van der Waals surface area contributed by atoms with Gasteiger partial charge in [0.2, 0.25) is 11.8 Å². The molecule has 1 N–H and O–H groups in total. The third-order valence-electron chi connectivity index (χ3n) is 4.01. The zero-order valence-corrected chi connectivity index (χ0v) is 13.0. The molecule has 3 atom stereocenters. The van der Waals surface area contributed by atoms with Crippen LogP contribution in [0.25, 0.3) is 0 Å². The molecule has 1 aromatic heterocycles. The van der Waals surface area contributed by atoms with Crippen molar-refractivity contribution in [2.24, 2.45) is 5.92 Å². The Balaban J connectivity index is 2.38. The average molecular weight is 289 g/mol. The first-order chi connectivity index (χ1) is 9.97. The van der Waals surface area contributed by atoms with Crippen molar-refractivity contribution in [3.8, 4) is 0 Å². The molecule has 5 heteroatoms. The van der Waals surface area contributed by atoms with Crippen LogP contribution in [-0.4, -0.2) is 33.8 Å². The zero-order chi connectivity index (χ0) is 15.6. The molecule has 0 bridgehead atoms. The molecule has 1 saturated heterocycles. The number of amides is 2. The Hall–Kier alpha value is -1.91. The van der Waals surface area contributed by atoms with Gasteiger partial charge in [-0.2, -0.15) is 0 Å². The second kappa shape index (κ2) is 6.24. The minimum Gasteiger partial charge on any atom is -0.343 e. The zero-order valence-electron chi connectivity index (χ0n) is 13.0. The summed E-state index contributed by atoms with van der Waals surface area (Å²) in [6.07, 6.45) is 2.31. The van der Waals surface area contributed by atoms with Crippen molar-refractivity contribution in [1.82, 2.24) is 15.2 Å². The Kier molecular flexibility index (Phi) is 4.60. The topological polar surface area (TPSA) is 62.3 Å². The molecule has 0 aromatic carbocycles. The molecule has 5 nitrogen and oxygen atoms in total. The van der Waals surface area contributed by atoms with E-state index in [2.05, 4.69) is 10.3 Å². The number of aromatic nitrogens is 1. The van der Waals surface area contributed by atoms with Gasteiger partial charge in [-0.1, -0.05) is 26.8 Å². The molecular formula is C16H23N3O2. The number of carbonyl (C=O) groups is 2. The summed E-state index contributed by atoms with van der Waals surface area (Å²) in [6, 6.07) is 4.54. The van der Waals surface area contributed by atoms with E-state index in [4.69, 9.17) is 0 Å². The summed E-state index contributed by atoms with van der Waals surface area (Å²) in [6.45, 7) is 7.76. The Morgan fingerprint density at radius 1 is 1.29 bits per heavy atom. The van der Waals surface area contributed by atoms with E-state index in [-0.39, 0.29) is 23.8 Å². The summed E-state index contributed by atoms with van der Waals surface area (Å²) < 4.78 is 0. The standard InChI is InChI=1S/C16H23N3O2/c1-5-12-16(21)19(14(10(2)3)15(20)18-12)11(4)13-8-6-7-9-17-13/h6-12,14H,5H2,1-4H3,(H,18,20). The Bertz CT molecular complexity index is 516. The molecule has 0 radical (unpaired) electrons. The fraction of sp³-hybridized carbons (Fsp3) is 0.562. The molecule has 1 aliphatic rings. The lowest BCUT2D eigenvalue weighted by Gasteiger charge is -2.43. The predicted octanol–water partition coefficient (Wildman–Crippen LogP) is 1.90. The first-order valence-corrected chi connectivity index (χ1v) is 7.50. The molecule has 2 heterocycles. The minimum absolute atomic E-state index is 0.0195. The maximum atomic E-state index is 12.7. The van der Waals surface area contributed by atoms with Crippen molar-refractivity contribution >= 4 is 11.8 Å². The summed E-state index contributed by atoms with van der Waals surface area (Å²) in [5.41, 5.74) is 0.807. The number of nitrogens with zero attached hydrogens (tertiary/aromatic N) is 2. The second-order valence-electron chi connectivity index (χ2n) is 5.83. The van der Waals surface area contributed by atoms with Gasteiger partial charge in [-0.25, -0.2) is 0 Å². The van der Waals surface area contributed by atoms with Gasteiger partial charge >= 0.3 is 0 Å². The van der Waals surface area contributed by atoms with Crippen LogP contribution in [-0.2, 0) is 9.59 Å². The van der Waals surface area contributed by atoms with Crippen LogP contribution in [0.15, 0.2) is 24.4 Å². The van der Waals surface area contributed by atoms with Crippen molar-refractivity contribution in [1.29, 1.82) is 0 Å². The average Bonchev–Trinajstić information content (AvgIpc) is 2.48. The van der Waals surface area contributed by atoms with E-state index in [0.717, 1.165) is 5.69 Å². The van der Waals surface area contributed by atoms with E-state index < -0.39 is 12.1 Å². The lowest BCUT2D eigenvalue weighted by Crippen LogP contribution is -2.65. The van der Waals surface area contributed by atoms with Crippen LogP contribution in [0.1, 0.15) is 45.9 Å². The van der Waals surface area contributed by atoms with Crippen molar-refractivity contribution in [2.45, 2.75) is 52.2 Å². The van der Waals surface area contributed by atoms with Gasteiger partial charge in [0, 0.05) is 6.20 Å². The van der Waals surface area contributed by atoms with E-state index in [9.17, 15) is 9.59 Å². The molecule has 21 heavy (non-hydrogen) atoms. The third kappa shape index (κ3) is 2.91. The number of nitrogens with one attached hydrogen (secondary N) is 1. The molecule has 0 aliphatic carbocycles. The third-order valence-corrected chi connectivity index (χ3v) is 4.01. The van der Waals surface area contributed by atoms with Crippen molar-refractivity contribution in [3.63, 3.8) is 0 Å². The molecule has 3 unspecified atom stereocenters. The summed E-state index contributed by atoms with van der Waals surface area (Å²) in [4.78, 5) is 31.1. The number of carbonyl (C=O) groups excluding carboxylic acids is 2. The van der Waals surface area contributed by atoms with Crippen LogP contribution < -0.4 is 5.32 Å². The lowest BCUT2D eigenvalue weighted by molar-refractivity contribution is -0.154. The van der Waals surface area contributed by atoms with Crippen LogP contribution in [0.3, 0.4) is 0 Å². The van der Waals surface area contributed by atoms with E-state index in [0.29, 0.717) is 6.42 Å². The first-order valence-electron chi connectivity index (χ1n) is 7.50. The molecule has 1 aliphatic heterocycles. The highest BCUT2D eigenvalue weighted by Crippen LogP contribution is 2.28. The van der Waals surface area contributed by atoms with Gasteiger partial charge in [0.05, 0.1) is 11.7 Å². The van der Waals surface area contributed by atoms with Gasteiger partial charge in [-0.05, 0) is 31.4 Å². The quantitative estimate of drug-likeness (QED) is 0.921. The fourth-order valence-corrected chi connectivity index (χ4v) is 2.86. The van der Waals surface area contributed by atoms with E-state index >= 15 is 0 Å². The molecule has 2 amide bonds. The van der Waals surface area contributed by atoms with Crippen molar-refractivity contribution < 1.29 is 9.59 Å². The van der Waals surface area contributed by atoms with Gasteiger partial charge < -0.3 is 10.2 Å². The molecule has 2 rings (SSSR count). The van der Waals surface area contributed by atoms with Gasteiger partial charge in [-0.15, -0.1) is 0 Å². The van der Waals surface area contributed by atoms with Crippen molar-refractivity contribution in [2.75, 3.05) is 0 Å².